The van der Waals surface area contributed by atoms with Gasteiger partial charge in [0, 0.05) is 19.0 Å². The van der Waals surface area contributed by atoms with Gasteiger partial charge in [0.15, 0.2) is 0 Å². The minimum atomic E-state index is -0.392. The van der Waals surface area contributed by atoms with Crippen LogP contribution in [0.4, 0.5) is 0 Å². The SMILES string of the molecule is O=C(Cc1n[nH]c(=O)[nH]1)N1CCCC(c2nc3ccccc3[nH]2)C1. The molecule has 1 aromatic carbocycles. The number of amides is 1. The van der Waals surface area contributed by atoms with Crippen LogP contribution in [0.15, 0.2) is 29.1 Å². The Morgan fingerprint density at radius 2 is 2.17 bits per heavy atom. The number of hydrogen-bond donors (Lipinski definition) is 3. The summed E-state index contributed by atoms with van der Waals surface area (Å²) in [6.45, 7) is 1.36. The number of piperidine rings is 1. The average molecular weight is 326 g/mol. The van der Waals surface area contributed by atoms with E-state index in [2.05, 4.69) is 25.1 Å². The van der Waals surface area contributed by atoms with Crippen LogP contribution in [0.25, 0.3) is 11.0 Å². The molecule has 3 aromatic rings. The van der Waals surface area contributed by atoms with Crippen LogP contribution in [0.3, 0.4) is 0 Å². The van der Waals surface area contributed by atoms with Crippen molar-refractivity contribution in [3.8, 4) is 0 Å². The second-order valence-electron chi connectivity index (χ2n) is 6.12. The standard InChI is InChI=1S/C16H18N6O2/c23-14(8-13-19-16(24)21-20-13)22-7-3-4-10(9-22)15-17-11-5-1-2-6-12(11)18-15/h1-2,5-6,10H,3-4,7-9H2,(H,17,18)(H2,19,20,21,24). The summed E-state index contributed by atoms with van der Waals surface area (Å²) in [5, 5.41) is 6.08. The smallest absolute Gasteiger partial charge is 0.340 e. The summed E-state index contributed by atoms with van der Waals surface area (Å²) in [6, 6.07) is 7.93. The van der Waals surface area contributed by atoms with Crippen molar-refractivity contribution in [2.45, 2.75) is 25.2 Å². The highest BCUT2D eigenvalue weighted by molar-refractivity contribution is 5.78. The molecule has 124 valence electrons. The Morgan fingerprint density at radius 1 is 1.29 bits per heavy atom. The van der Waals surface area contributed by atoms with Crippen molar-refractivity contribution >= 4 is 16.9 Å². The molecule has 3 heterocycles. The number of fused-ring (bicyclic) bond motifs is 1. The molecule has 0 spiro atoms. The lowest BCUT2D eigenvalue weighted by Gasteiger charge is -2.31. The van der Waals surface area contributed by atoms with Crippen LogP contribution >= 0.6 is 0 Å². The molecule has 0 bridgehead atoms. The van der Waals surface area contributed by atoms with Crippen molar-refractivity contribution in [2.24, 2.45) is 0 Å². The first kappa shape index (κ1) is 14.7. The van der Waals surface area contributed by atoms with Gasteiger partial charge in [-0.2, -0.15) is 5.10 Å². The van der Waals surface area contributed by atoms with E-state index in [1.54, 1.807) is 0 Å². The van der Waals surface area contributed by atoms with Gasteiger partial charge in [0.1, 0.15) is 11.6 Å². The topological polar surface area (TPSA) is 111 Å². The van der Waals surface area contributed by atoms with E-state index >= 15 is 0 Å². The van der Waals surface area contributed by atoms with Gasteiger partial charge in [-0.1, -0.05) is 12.1 Å². The quantitative estimate of drug-likeness (QED) is 0.664. The van der Waals surface area contributed by atoms with Gasteiger partial charge in [0.25, 0.3) is 0 Å². The summed E-state index contributed by atoms with van der Waals surface area (Å²) in [6.07, 6.45) is 2.04. The fraction of sp³-hybridized carbons (Fsp3) is 0.375. The number of nitrogens with one attached hydrogen (secondary N) is 3. The maximum Gasteiger partial charge on any atom is 0.340 e. The van der Waals surface area contributed by atoms with Crippen molar-refractivity contribution in [1.82, 2.24) is 30.0 Å². The Kier molecular flexibility index (Phi) is 3.64. The third-order valence-electron chi connectivity index (χ3n) is 4.44. The molecule has 8 nitrogen and oxygen atoms in total. The molecule has 1 fully saturated rings. The van der Waals surface area contributed by atoms with Crippen LogP contribution in [0.5, 0.6) is 0 Å². The number of imidazole rings is 1. The number of para-hydroxylation sites is 2. The number of H-pyrrole nitrogens is 3. The molecule has 0 saturated carbocycles. The fourth-order valence-electron chi connectivity index (χ4n) is 3.24. The first-order valence-corrected chi connectivity index (χ1v) is 8.05. The number of benzene rings is 1. The number of carbonyl (C=O) groups is 1. The molecule has 1 atom stereocenters. The Balaban J connectivity index is 1.48. The van der Waals surface area contributed by atoms with Crippen molar-refractivity contribution in [1.29, 1.82) is 0 Å². The molecule has 1 amide bonds. The summed E-state index contributed by atoms with van der Waals surface area (Å²) in [5.74, 6) is 1.48. The average Bonchev–Trinajstić information content (AvgIpc) is 3.21. The first-order chi connectivity index (χ1) is 11.7. The fourth-order valence-corrected chi connectivity index (χ4v) is 3.24. The molecule has 4 rings (SSSR count). The zero-order valence-electron chi connectivity index (χ0n) is 13.1. The Morgan fingerprint density at radius 3 is 2.96 bits per heavy atom. The van der Waals surface area contributed by atoms with Crippen molar-refractivity contribution < 1.29 is 4.79 Å². The van der Waals surface area contributed by atoms with Crippen molar-refractivity contribution in [3.05, 3.63) is 46.4 Å². The van der Waals surface area contributed by atoms with Gasteiger partial charge >= 0.3 is 5.69 Å². The van der Waals surface area contributed by atoms with Crippen LogP contribution in [0, 0.1) is 0 Å². The molecule has 1 aliphatic rings. The van der Waals surface area contributed by atoms with E-state index in [1.807, 2.05) is 29.2 Å². The number of aromatic nitrogens is 5. The summed E-state index contributed by atoms with van der Waals surface area (Å²) in [5.41, 5.74) is 1.58. The van der Waals surface area contributed by atoms with Gasteiger partial charge < -0.3 is 9.88 Å². The van der Waals surface area contributed by atoms with Gasteiger partial charge in [0.2, 0.25) is 5.91 Å². The Hall–Kier alpha value is -2.90. The molecule has 24 heavy (non-hydrogen) atoms. The number of carbonyl (C=O) groups excluding carboxylic acids is 1. The predicted octanol–water partition coefficient (Wildman–Crippen LogP) is 0.923. The molecule has 3 N–H and O–H groups in total. The van der Waals surface area contributed by atoms with E-state index in [0.717, 1.165) is 36.2 Å². The maximum atomic E-state index is 12.4. The second kappa shape index (κ2) is 5.95. The van der Waals surface area contributed by atoms with E-state index in [9.17, 15) is 9.59 Å². The van der Waals surface area contributed by atoms with Crippen LogP contribution < -0.4 is 5.69 Å². The van der Waals surface area contributed by atoms with Crippen LogP contribution in [-0.4, -0.2) is 49.0 Å². The minimum Gasteiger partial charge on any atom is -0.342 e. The lowest BCUT2D eigenvalue weighted by Crippen LogP contribution is -2.40. The van der Waals surface area contributed by atoms with E-state index < -0.39 is 5.69 Å². The van der Waals surface area contributed by atoms with Gasteiger partial charge in [0.05, 0.1) is 17.5 Å². The molecule has 0 aliphatic carbocycles. The summed E-state index contributed by atoms with van der Waals surface area (Å²) in [4.78, 5) is 35.9. The van der Waals surface area contributed by atoms with Gasteiger partial charge in [-0.3, -0.25) is 9.78 Å². The molecule has 0 radical (unpaired) electrons. The number of hydrogen-bond acceptors (Lipinski definition) is 4. The number of rotatable bonds is 3. The third kappa shape index (κ3) is 2.82. The zero-order chi connectivity index (χ0) is 16.5. The summed E-state index contributed by atoms with van der Waals surface area (Å²) in [7, 11) is 0. The van der Waals surface area contributed by atoms with E-state index in [-0.39, 0.29) is 18.2 Å². The molecule has 1 aliphatic heterocycles. The van der Waals surface area contributed by atoms with Gasteiger partial charge in [-0.05, 0) is 25.0 Å². The van der Waals surface area contributed by atoms with Crippen LogP contribution in [0.2, 0.25) is 0 Å². The maximum absolute atomic E-state index is 12.4. The molecular weight excluding hydrogens is 308 g/mol. The minimum absolute atomic E-state index is 0.0291. The summed E-state index contributed by atoms with van der Waals surface area (Å²) < 4.78 is 0. The highest BCUT2D eigenvalue weighted by atomic mass is 16.2. The highest BCUT2D eigenvalue weighted by Gasteiger charge is 2.27. The predicted molar refractivity (Wildman–Crippen MR) is 87.6 cm³/mol. The first-order valence-electron chi connectivity index (χ1n) is 8.05. The lowest BCUT2D eigenvalue weighted by molar-refractivity contribution is -0.131. The summed E-state index contributed by atoms with van der Waals surface area (Å²) >= 11 is 0. The van der Waals surface area contributed by atoms with Crippen molar-refractivity contribution in [2.75, 3.05) is 13.1 Å². The Labute approximate surface area is 137 Å². The van der Waals surface area contributed by atoms with Crippen LogP contribution in [-0.2, 0) is 11.2 Å². The normalized spacial score (nSPS) is 18.2. The molecule has 8 heteroatoms. The molecule has 1 unspecified atom stereocenters. The second-order valence-corrected chi connectivity index (χ2v) is 6.12. The van der Waals surface area contributed by atoms with E-state index in [4.69, 9.17) is 0 Å². The Bertz CT molecular complexity index is 891. The van der Waals surface area contributed by atoms with Crippen LogP contribution in [0.1, 0.15) is 30.4 Å². The van der Waals surface area contributed by atoms with Gasteiger partial charge in [-0.15, -0.1) is 0 Å². The molecule has 1 saturated heterocycles. The van der Waals surface area contributed by atoms with E-state index in [0.29, 0.717) is 12.4 Å². The lowest BCUT2D eigenvalue weighted by atomic mass is 9.97. The molecular formula is C16H18N6O2. The monoisotopic (exact) mass is 326 g/mol. The van der Waals surface area contributed by atoms with E-state index in [1.165, 1.54) is 0 Å². The number of nitrogens with zero attached hydrogens (tertiary/aromatic N) is 3. The van der Waals surface area contributed by atoms with Crippen molar-refractivity contribution in [3.63, 3.8) is 0 Å². The third-order valence-corrected chi connectivity index (χ3v) is 4.44. The highest BCUT2D eigenvalue weighted by Crippen LogP contribution is 2.26. The number of aromatic amines is 3. The number of likely N-dealkylation sites (tertiary alicyclic amines) is 1. The largest absolute Gasteiger partial charge is 0.342 e. The van der Waals surface area contributed by atoms with Gasteiger partial charge in [-0.25, -0.2) is 14.9 Å². The zero-order valence-corrected chi connectivity index (χ0v) is 13.1. The molecule has 2 aromatic heterocycles.